The molecule has 2 heterocycles. The van der Waals surface area contributed by atoms with E-state index < -0.39 is 0 Å². The molecule has 1 aromatic carbocycles. The van der Waals surface area contributed by atoms with Crippen LogP contribution in [0.3, 0.4) is 0 Å². The maximum Gasteiger partial charge on any atom is 0.258 e. The minimum atomic E-state index is -0.193. The number of halogens is 1. The molecule has 20 heavy (non-hydrogen) atoms. The Labute approximate surface area is 123 Å². The zero-order valence-corrected chi connectivity index (χ0v) is 11.8. The van der Waals surface area contributed by atoms with Crippen LogP contribution in [0.4, 0.5) is 0 Å². The van der Waals surface area contributed by atoms with E-state index in [0.717, 1.165) is 0 Å². The fourth-order valence-corrected chi connectivity index (χ4v) is 2.57. The van der Waals surface area contributed by atoms with Crippen molar-refractivity contribution < 1.29 is 0 Å². The summed E-state index contributed by atoms with van der Waals surface area (Å²) < 4.78 is 0. The third-order valence-electron chi connectivity index (χ3n) is 2.60. The van der Waals surface area contributed by atoms with Gasteiger partial charge in [0.1, 0.15) is 5.82 Å². The van der Waals surface area contributed by atoms with E-state index in [1.165, 1.54) is 11.8 Å². The molecule has 0 bridgehead atoms. The predicted molar refractivity (Wildman–Crippen MR) is 79.0 cm³/mol. The van der Waals surface area contributed by atoms with E-state index in [0.29, 0.717) is 32.7 Å². The Hall–Kier alpha value is -1.92. The highest BCUT2D eigenvalue weighted by Crippen LogP contribution is 2.18. The van der Waals surface area contributed by atoms with Crippen LogP contribution in [0.2, 0.25) is 5.02 Å². The normalized spacial score (nSPS) is 10.8. The molecule has 0 saturated carbocycles. The van der Waals surface area contributed by atoms with Gasteiger partial charge in [-0.3, -0.25) is 4.79 Å². The molecule has 3 aromatic rings. The summed E-state index contributed by atoms with van der Waals surface area (Å²) in [4.78, 5) is 27.3. The highest BCUT2D eigenvalue weighted by atomic mass is 35.5. The first-order valence-corrected chi connectivity index (χ1v) is 7.17. The van der Waals surface area contributed by atoms with Gasteiger partial charge < -0.3 is 4.98 Å². The van der Waals surface area contributed by atoms with Gasteiger partial charge in [-0.15, -0.1) is 0 Å². The van der Waals surface area contributed by atoms with Gasteiger partial charge in [0.05, 0.1) is 16.7 Å². The van der Waals surface area contributed by atoms with Gasteiger partial charge in [-0.25, -0.2) is 15.0 Å². The van der Waals surface area contributed by atoms with Crippen LogP contribution in [-0.4, -0.2) is 19.9 Å². The van der Waals surface area contributed by atoms with E-state index in [1.54, 1.807) is 36.7 Å². The summed E-state index contributed by atoms with van der Waals surface area (Å²) >= 11 is 7.28. The first-order chi connectivity index (χ1) is 9.72. The van der Waals surface area contributed by atoms with Gasteiger partial charge in [-0.2, -0.15) is 0 Å². The maximum absolute atomic E-state index is 12.0. The SMILES string of the molecule is O=c1[nH]c(CSc2ncccn2)nc2ccc(Cl)cc12. The van der Waals surface area contributed by atoms with Crippen molar-refractivity contribution in [2.75, 3.05) is 0 Å². The predicted octanol–water partition coefficient (Wildman–Crippen LogP) is 2.66. The van der Waals surface area contributed by atoms with Crippen molar-refractivity contribution in [1.29, 1.82) is 0 Å². The van der Waals surface area contributed by atoms with Gasteiger partial charge in [0.25, 0.3) is 5.56 Å². The molecule has 0 fully saturated rings. The fourth-order valence-electron chi connectivity index (χ4n) is 1.72. The fraction of sp³-hybridized carbons (Fsp3) is 0.0769. The van der Waals surface area contributed by atoms with Gasteiger partial charge in [0.2, 0.25) is 0 Å². The summed E-state index contributed by atoms with van der Waals surface area (Å²) in [6, 6.07) is 6.82. The molecule has 3 rings (SSSR count). The third-order valence-corrected chi connectivity index (χ3v) is 3.72. The van der Waals surface area contributed by atoms with Crippen molar-refractivity contribution in [3.63, 3.8) is 0 Å². The molecule has 100 valence electrons. The lowest BCUT2D eigenvalue weighted by Gasteiger charge is -2.02. The number of aromatic nitrogens is 4. The first kappa shape index (κ1) is 13.1. The second-order valence-corrected chi connectivity index (χ2v) is 5.37. The van der Waals surface area contributed by atoms with Crippen LogP contribution < -0.4 is 5.56 Å². The van der Waals surface area contributed by atoms with Gasteiger partial charge in [-0.05, 0) is 24.3 Å². The number of nitrogens with one attached hydrogen (secondary N) is 1. The largest absolute Gasteiger partial charge is 0.309 e. The molecule has 0 aliphatic rings. The van der Waals surface area contributed by atoms with Crippen molar-refractivity contribution in [2.24, 2.45) is 0 Å². The van der Waals surface area contributed by atoms with Gasteiger partial charge in [-0.1, -0.05) is 23.4 Å². The van der Waals surface area contributed by atoms with E-state index >= 15 is 0 Å². The van der Waals surface area contributed by atoms with Crippen molar-refractivity contribution in [3.05, 3.63) is 57.9 Å². The van der Waals surface area contributed by atoms with Crippen LogP contribution in [0.25, 0.3) is 10.9 Å². The summed E-state index contributed by atoms with van der Waals surface area (Å²) in [5.41, 5.74) is 0.435. The van der Waals surface area contributed by atoms with Crippen LogP contribution >= 0.6 is 23.4 Å². The minimum Gasteiger partial charge on any atom is -0.309 e. The number of H-pyrrole nitrogens is 1. The number of nitrogens with zero attached hydrogens (tertiary/aromatic N) is 3. The number of hydrogen-bond acceptors (Lipinski definition) is 5. The zero-order chi connectivity index (χ0) is 13.9. The number of hydrogen-bond donors (Lipinski definition) is 1. The smallest absolute Gasteiger partial charge is 0.258 e. The van der Waals surface area contributed by atoms with Crippen LogP contribution in [-0.2, 0) is 5.75 Å². The molecule has 7 heteroatoms. The van der Waals surface area contributed by atoms with Gasteiger partial charge >= 0.3 is 0 Å². The molecule has 5 nitrogen and oxygen atoms in total. The number of benzene rings is 1. The Bertz CT molecular complexity index is 806. The van der Waals surface area contributed by atoms with Gasteiger partial charge in [0, 0.05) is 17.4 Å². The molecule has 0 amide bonds. The first-order valence-electron chi connectivity index (χ1n) is 5.80. The van der Waals surface area contributed by atoms with Crippen molar-refractivity contribution in [2.45, 2.75) is 10.9 Å². The summed E-state index contributed by atoms with van der Waals surface area (Å²) in [6.45, 7) is 0. The summed E-state index contributed by atoms with van der Waals surface area (Å²) in [7, 11) is 0. The molecule has 0 aliphatic heterocycles. The molecule has 0 unspecified atom stereocenters. The lowest BCUT2D eigenvalue weighted by atomic mass is 10.2. The van der Waals surface area contributed by atoms with Crippen molar-refractivity contribution in [1.82, 2.24) is 19.9 Å². The van der Waals surface area contributed by atoms with Crippen LogP contribution in [0.15, 0.2) is 46.6 Å². The average molecular weight is 305 g/mol. The Morgan fingerprint density at radius 1 is 1.25 bits per heavy atom. The van der Waals surface area contributed by atoms with E-state index in [2.05, 4.69) is 19.9 Å². The average Bonchev–Trinajstić information content (AvgIpc) is 2.47. The van der Waals surface area contributed by atoms with Crippen LogP contribution in [0.5, 0.6) is 0 Å². The minimum absolute atomic E-state index is 0.193. The topological polar surface area (TPSA) is 71.5 Å². The molecule has 0 atom stereocenters. The highest BCUT2D eigenvalue weighted by Gasteiger charge is 2.06. The summed E-state index contributed by atoms with van der Waals surface area (Å²) in [5.74, 6) is 1.08. The maximum atomic E-state index is 12.0. The zero-order valence-electron chi connectivity index (χ0n) is 10.2. The van der Waals surface area contributed by atoms with E-state index in [-0.39, 0.29) is 5.56 Å². The molecule has 0 saturated heterocycles. The lowest BCUT2D eigenvalue weighted by Crippen LogP contribution is -2.11. The second kappa shape index (κ2) is 5.60. The standard InChI is InChI=1S/C13H9ClN4OS/c14-8-2-3-10-9(6-8)12(19)18-11(17-10)7-20-13-15-4-1-5-16-13/h1-6H,7H2,(H,17,18,19). The summed E-state index contributed by atoms with van der Waals surface area (Å²) in [6.07, 6.45) is 3.35. The molecule has 0 spiro atoms. The Morgan fingerprint density at radius 2 is 2.05 bits per heavy atom. The van der Waals surface area contributed by atoms with Gasteiger partial charge in [0.15, 0.2) is 5.16 Å². The number of fused-ring (bicyclic) bond motifs is 1. The van der Waals surface area contributed by atoms with E-state index in [1.807, 2.05) is 0 Å². The Morgan fingerprint density at radius 3 is 2.85 bits per heavy atom. The Kier molecular flexibility index (Phi) is 3.66. The molecule has 0 radical (unpaired) electrons. The van der Waals surface area contributed by atoms with Crippen LogP contribution in [0.1, 0.15) is 5.82 Å². The monoisotopic (exact) mass is 304 g/mol. The molecular weight excluding hydrogens is 296 g/mol. The lowest BCUT2D eigenvalue weighted by molar-refractivity contribution is 0.958. The highest BCUT2D eigenvalue weighted by molar-refractivity contribution is 7.98. The number of aromatic amines is 1. The quantitative estimate of drug-likeness (QED) is 0.595. The number of thioether (sulfide) groups is 1. The van der Waals surface area contributed by atoms with Crippen molar-refractivity contribution in [3.8, 4) is 0 Å². The van der Waals surface area contributed by atoms with E-state index in [4.69, 9.17) is 11.6 Å². The van der Waals surface area contributed by atoms with Crippen LogP contribution in [0, 0.1) is 0 Å². The molecular formula is C13H9ClN4OS. The second-order valence-electron chi connectivity index (χ2n) is 3.99. The molecule has 1 N–H and O–H groups in total. The molecule has 2 aromatic heterocycles. The number of rotatable bonds is 3. The third kappa shape index (κ3) is 2.81. The van der Waals surface area contributed by atoms with E-state index in [9.17, 15) is 4.79 Å². The Balaban J connectivity index is 1.89. The summed E-state index contributed by atoms with van der Waals surface area (Å²) in [5, 5.41) is 1.65. The van der Waals surface area contributed by atoms with Crippen molar-refractivity contribution >= 4 is 34.3 Å². The molecule has 0 aliphatic carbocycles.